The lowest BCUT2D eigenvalue weighted by Crippen LogP contribution is -2.36. The molecule has 0 aliphatic carbocycles. The number of hydrogen-bond acceptors (Lipinski definition) is 5. The molecule has 2 aromatic rings. The fraction of sp³-hybridized carbons (Fsp3) is 0.429. The van der Waals surface area contributed by atoms with Crippen molar-refractivity contribution in [1.29, 1.82) is 0 Å². The first kappa shape index (κ1) is 24.0. The quantitative estimate of drug-likeness (QED) is 0.369. The summed E-state index contributed by atoms with van der Waals surface area (Å²) in [5, 5.41) is 11.6. The Morgan fingerprint density at radius 1 is 1.18 bits per heavy atom. The molecule has 2 atom stereocenters. The van der Waals surface area contributed by atoms with Crippen LogP contribution in [0.4, 0.5) is 0 Å². The van der Waals surface area contributed by atoms with Crippen LogP contribution < -0.4 is 4.74 Å². The Hall–Kier alpha value is -3.12. The number of hydrogen-bond donors (Lipinski definition) is 1. The number of ether oxygens (including phenoxy) is 2. The van der Waals surface area contributed by atoms with Crippen LogP contribution in [0.5, 0.6) is 5.75 Å². The van der Waals surface area contributed by atoms with E-state index in [1.54, 1.807) is 12.0 Å². The molecule has 1 amide bonds. The summed E-state index contributed by atoms with van der Waals surface area (Å²) in [4.78, 5) is 28.2. The molecule has 6 heteroatoms. The standard InChI is InChI=1S/C28H33NO5/c1-16(2)21-14-22(18(4)13-23(21)33-5)26(30)24-25(20-11-7-6-9-17(20)3)29(28(32)27(24)31)15-19-10-8-12-34-19/h6-7,9,11,13-14,16,19,25,30H,8,10,12,15H2,1-5H3/b26-24+. The summed E-state index contributed by atoms with van der Waals surface area (Å²) in [7, 11) is 1.62. The minimum Gasteiger partial charge on any atom is -0.507 e. The number of nitrogens with zero attached hydrogens (tertiary/aromatic N) is 1. The Bertz CT molecular complexity index is 1140. The number of methoxy groups -OCH3 is 1. The summed E-state index contributed by atoms with van der Waals surface area (Å²) < 4.78 is 11.3. The van der Waals surface area contributed by atoms with Gasteiger partial charge >= 0.3 is 0 Å². The zero-order chi connectivity index (χ0) is 24.6. The third-order valence-corrected chi connectivity index (χ3v) is 6.90. The SMILES string of the molecule is COc1cc(C)c(/C(O)=C2\C(=O)C(=O)N(CC3CCCO3)C2c2ccccc2C)cc1C(C)C. The highest BCUT2D eigenvalue weighted by molar-refractivity contribution is 6.46. The Morgan fingerprint density at radius 2 is 1.91 bits per heavy atom. The van der Waals surface area contributed by atoms with Crippen LogP contribution in [-0.4, -0.2) is 48.1 Å². The van der Waals surface area contributed by atoms with Gasteiger partial charge in [-0.05, 0) is 67.0 Å². The summed E-state index contributed by atoms with van der Waals surface area (Å²) in [6.45, 7) is 8.89. The van der Waals surface area contributed by atoms with E-state index in [-0.39, 0.29) is 23.4 Å². The van der Waals surface area contributed by atoms with Crippen molar-refractivity contribution in [2.45, 2.75) is 58.6 Å². The number of aliphatic hydroxyl groups is 1. The van der Waals surface area contributed by atoms with E-state index in [2.05, 4.69) is 0 Å². The van der Waals surface area contributed by atoms with Crippen molar-refractivity contribution in [1.82, 2.24) is 4.90 Å². The van der Waals surface area contributed by atoms with Crippen molar-refractivity contribution in [3.63, 3.8) is 0 Å². The van der Waals surface area contributed by atoms with E-state index in [0.29, 0.717) is 18.7 Å². The largest absolute Gasteiger partial charge is 0.507 e. The van der Waals surface area contributed by atoms with Crippen LogP contribution in [0.25, 0.3) is 5.76 Å². The van der Waals surface area contributed by atoms with Gasteiger partial charge in [0.15, 0.2) is 0 Å². The minimum atomic E-state index is -0.672. The maximum Gasteiger partial charge on any atom is 0.295 e. The van der Waals surface area contributed by atoms with Crippen LogP contribution >= 0.6 is 0 Å². The van der Waals surface area contributed by atoms with Gasteiger partial charge in [0.2, 0.25) is 0 Å². The van der Waals surface area contributed by atoms with Crippen LogP contribution in [-0.2, 0) is 14.3 Å². The van der Waals surface area contributed by atoms with Crippen molar-refractivity contribution in [3.8, 4) is 5.75 Å². The van der Waals surface area contributed by atoms with Gasteiger partial charge in [-0.15, -0.1) is 0 Å². The van der Waals surface area contributed by atoms with Crippen LogP contribution in [0.2, 0.25) is 0 Å². The van der Waals surface area contributed by atoms with E-state index >= 15 is 0 Å². The van der Waals surface area contributed by atoms with Gasteiger partial charge in [0, 0.05) is 18.7 Å². The fourth-order valence-corrected chi connectivity index (χ4v) is 5.02. The third kappa shape index (κ3) is 4.23. The Kier molecular flexibility index (Phi) is 6.80. The molecule has 180 valence electrons. The molecule has 2 unspecified atom stereocenters. The molecule has 1 N–H and O–H groups in total. The fourth-order valence-electron chi connectivity index (χ4n) is 5.02. The summed E-state index contributed by atoms with van der Waals surface area (Å²) in [5.41, 5.74) is 4.14. The lowest BCUT2D eigenvalue weighted by Gasteiger charge is -2.28. The predicted octanol–water partition coefficient (Wildman–Crippen LogP) is 5.04. The number of Topliss-reactive ketones (excluding diaryl/α,β-unsaturated/α-hetero) is 1. The second kappa shape index (κ2) is 9.63. The molecule has 0 saturated carbocycles. The van der Waals surface area contributed by atoms with E-state index < -0.39 is 17.7 Å². The summed E-state index contributed by atoms with van der Waals surface area (Å²) in [6, 6.07) is 10.8. The molecule has 0 radical (unpaired) electrons. The van der Waals surface area contributed by atoms with Gasteiger partial charge in [-0.2, -0.15) is 0 Å². The molecule has 6 nitrogen and oxygen atoms in total. The number of aliphatic hydroxyl groups excluding tert-OH is 1. The van der Waals surface area contributed by atoms with Crippen LogP contribution in [0.1, 0.15) is 66.5 Å². The first-order valence-electron chi connectivity index (χ1n) is 11.9. The number of ketones is 1. The number of amides is 1. The zero-order valence-electron chi connectivity index (χ0n) is 20.6. The number of carbonyl (C=O) groups excluding carboxylic acids is 2. The molecule has 2 saturated heterocycles. The molecule has 0 bridgehead atoms. The highest BCUT2D eigenvalue weighted by Crippen LogP contribution is 2.42. The minimum absolute atomic E-state index is 0.111. The number of aryl methyl sites for hydroxylation is 2. The monoisotopic (exact) mass is 463 g/mol. The lowest BCUT2D eigenvalue weighted by atomic mass is 9.89. The smallest absolute Gasteiger partial charge is 0.295 e. The average molecular weight is 464 g/mol. The average Bonchev–Trinajstić information content (AvgIpc) is 3.41. The second-order valence-electron chi connectivity index (χ2n) is 9.51. The van der Waals surface area contributed by atoms with Gasteiger partial charge in [-0.1, -0.05) is 38.1 Å². The number of likely N-dealkylation sites (tertiary alicyclic amines) is 1. The molecule has 0 spiro atoms. The number of rotatable bonds is 6. The molecule has 2 aliphatic rings. The van der Waals surface area contributed by atoms with Gasteiger partial charge in [-0.3, -0.25) is 9.59 Å². The van der Waals surface area contributed by atoms with Crippen molar-refractivity contribution in [2.75, 3.05) is 20.3 Å². The molecule has 2 fully saturated rings. The highest BCUT2D eigenvalue weighted by atomic mass is 16.5. The van der Waals surface area contributed by atoms with E-state index in [1.807, 2.05) is 64.1 Å². The van der Waals surface area contributed by atoms with Crippen LogP contribution in [0.15, 0.2) is 42.0 Å². The first-order valence-corrected chi connectivity index (χ1v) is 11.9. The van der Waals surface area contributed by atoms with Crippen molar-refractivity contribution >= 4 is 17.4 Å². The zero-order valence-corrected chi connectivity index (χ0v) is 20.6. The molecule has 4 rings (SSSR count). The molecular formula is C28H33NO5. The van der Waals surface area contributed by atoms with Gasteiger partial charge in [0.05, 0.1) is 24.8 Å². The topological polar surface area (TPSA) is 76.1 Å². The van der Waals surface area contributed by atoms with Crippen LogP contribution in [0.3, 0.4) is 0 Å². The molecule has 34 heavy (non-hydrogen) atoms. The Morgan fingerprint density at radius 3 is 2.53 bits per heavy atom. The van der Waals surface area contributed by atoms with Gasteiger partial charge in [0.1, 0.15) is 11.5 Å². The van der Waals surface area contributed by atoms with E-state index in [0.717, 1.165) is 40.8 Å². The molecule has 0 aromatic heterocycles. The first-order chi connectivity index (χ1) is 16.2. The van der Waals surface area contributed by atoms with E-state index in [4.69, 9.17) is 9.47 Å². The predicted molar refractivity (Wildman–Crippen MR) is 131 cm³/mol. The lowest BCUT2D eigenvalue weighted by molar-refractivity contribution is -0.140. The van der Waals surface area contributed by atoms with Crippen molar-refractivity contribution in [3.05, 3.63) is 69.8 Å². The maximum atomic E-state index is 13.4. The van der Waals surface area contributed by atoms with Gasteiger partial charge in [-0.25, -0.2) is 0 Å². The molecule has 2 heterocycles. The highest BCUT2D eigenvalue weighted by Gasteiger charge is 2.47. The molecule has 2 aromatic carbocycles. The third-order valence-electron chi connectivity index (χ3n) is 6.90. The normalized spacial score (nSPS) is 22.1. The maximum absolute atomic E-state index is 13.4. The Labute approximate surface area is 201 Å². The second-order valence-corrected chi connectivity index (χ2v) is 9.51. The number of benzene rings is 2. The number of carbonyl (C=O) groups is 2. The van der Waals surface area contributed by atoms with Crippen molar-refractivity contribution < 1.29 is 24.2 Å². The summed E-state index contributed by atoms with van der Waals surface area (Å²) in [5.74, 6) is -0.524. The van der Waals surface area contributed by atoms with Gasteiger partial charge in [0.25, 0.3) is 11.7 Å². The molecule has 2 aliphatic heterocycles. The van der Waals surface area contributed by atoms with Crippen molar-refractivity contribution in [2.24, 2.45) is 0 Å². The van der Waals surface area contributed by atoms with E-state index in [9.17, 15) is 14.7 Å². The van der Waals surface area contributed by atoms with Gasteiger partial charge < -0.3 is 19.5 Å². The molecular weight excluding hydrogens is 430 g/mol. The summed E-state index contributed by atoms with van der Waals surface area (Å²) in [6.07, 6.45) is 1.67. The summed E-state index contributed by atoms with van der Waals surface area (Å²) >= 11 is 0. The van der Waals surface area contributed by atoms with Crippen LogP contribution in [0, 0.1) is 13.8 Å². The van der Waals surface area contributed by atoms with E-state index in [1.165, 1.54) is 0 Å². The Balaban J connectivity index is 1.90.